The highest BCUT2D eigenvalue weighted by molar-refractivity contribution is 6.33. The number of nitrogens with zero attached hydrogens (tertiary/aromatic N) is 1. The van der Waals surface area contributed by atoms with Gasteiger partial charge in [0.1, 0.15) is 6.10 Å². The molecule has 0 aromatic heterocycles. The maximum Gasteiger partial charge on any atom is 0.410 e. The van der Waals surface area contributed by atoms with Crippen LogP contribution in [-0.4, -0.2) is 40.7 Å². The number of carbonyl (C=O) groups is 3. The van der Waals surface area contributed by atoms with Crippen LogP contribution >= 0.6 is 11.6 Å². The third-order valence-corrected chi connectivity index (χ3v) is 6.94. The van der Waals surface area contributed by atoms with Gasteiger partial charge >= 0.3 is 18.1 Å². The van der Waals surface area contributed by atoms with Crippen LogP contribution in [0.1, 0.15) is 48.8 Å². The van der Waals surface area contributed by atoms with Crippen molar-refractivity contribution >= 4 is 41.1 Å². The topological polar surface area (TPSA) is 108 Å². The Labute approximate surface area is 209 Å². The Kier molecular flexibility index (Phi) is 7.80. The van der Waals surface area contributed by atoms with Crippen molar-refractivity contribution in [1.82, 2.24) is 4.90 Å². The van der Waals surface area contributed by atoms with E-state index in [0.29, 0.717) is 48.7 Å². The lowest BCUT2D eigenvalue weighted by molar-refractivity contribution is -0.138. The van der Waals surface area contributed by atoms with Gasteiger partial charge in [0.2, 0.25) is 0 Å². The van der Waals surface area contributed by atoms with Gasteiger partial charge in [0.15, 0.2) is 0 Å². The van der Waals surface area contributed by atoms with E-state index in [1.54, 1.807) is 17.0 Å². The van der Waals surface area contributed by atoms with Gasteiger partial charge in [-0.25, -0.2) is 9.59 Å². The monoisotopic (exact) mass is 499 g/mol. The van der Waals surface area contributed by atoms with Gasteiger partial charge in [-0.1, -0.05) is 23.7 Å². The molecule has 35 heavy (non-hydrogen) atoms. The van der Waals surface area contributed by atoms with Crippen molar-refractivity contribution in [3.63, 3.8) is 0 Å². The summed E-state index contributed by atoms with van der Waals surface area (Å²) in [4.78, 5) is 37.7. The third-order valence-electron chi connectivity index (χ3n) is 6.63. The molecule has 8 nitrogen and oxygen atoms in total. The van der Waals surface area contributed by atoms with Crippen molar-refractivity contribution in [3.8, 4) is 0 Å². The number of benzene rings is 2. The zero-order chi connectivity index (χ0) is 24.9. The quantitative estimate of drug-likeness (QED) is 0.480. The Morgan fingerprint density at radius 3 is 2.54 bits per heavy atom. The highest BCUT2D eigenvalue weighted by Crippen LogP contribution is 2.30. The predicted octanol–water partition coefficient (Wildman–Crippen LogP) is 5.82. The Morgan fingerprint density at radius 2 is 1.83 bits per heavy atom. The number of hydrogen-bond donors (Lipinski definition) is 3. The van der Waals surface area contributed by atoms with E-state index >= 15 is 0 Å². The second-order valence-electron chi connectivity index (χ2n) is 9.34. The first kappa shape index (κ1) is 24.9. The number of urea groups is 1. The van der Waals surface area contributed by atoms with Crippen LogP contribution in [0.3, 0.4) is 0 Å². The molecule has 3 amide bonds. The van der Waals surface area contributed by atoms with E-state index in [4.69, 9.17) is 21.4 Å². The van der Waals surface area contributed by atoms with Crippen LogP contribution in [0.5, 0.6) is 0 Å². The number of carbonyl (C=O) groups excluding carboxylic acids is 2. The molecule has 0 atom stereocenters. The van der Waals surface area contributed by atoms with Gasteiger partial charge in [0, 0.05) is 25.2 Å². The van der Waals surface area contributed by atoms with E-state index < -0.39 is 5.97 Å². The molecule has 2 aliphatic rings. The fourth-order valence-electron chi connectivity index (χ4n) is 4.71. The smallest absolute Gasteiger partial charge is 0.410 e. The number of nitrogens with one attached hydrogen (secondary N) is 2. The zero-order valence-corrected chi connectivity index (χ0v) is 20.4. The molecular weight excluding hydrogens is 470 g/mol. The summed E-state index contributed by atoms with van der Waals surface area (Å²) in [6, 6.07) is 10.7. The summed E-state index contributed by atoms with van der Waals surface area (Å²) < 4.78 is 5.71. The summed E-state index contributed by atoms with van der Waals surface area (Å²) in [5.74, 6) is -0.602. The molecule has 2 aromatic carbocycles. The largest absolute Gasteiger partial charge is 0.481 e. The number of ether oxygens (including phenoxy) is 1. The maximum absolute atomic E-state index is 12.7. The Hall–Kier alpha value is -3.26. The summed E-state index contributed by atoms with van der Waals surface area (Å²) in [6.45, 7) is 2.92. The highest BCUT2D eigenvalue weighted by atomic mass is 35.5. The summed E-state index contributed by atoms with van der Waals surface area (Å²) >= 11 is 6.19. The summed E-state index contributed by atoms with van der Waals surface area (Å²) in [6.07, 6.45) is 3.32. The Morgan fingerprint density at radius 1 is 1.06 bits per heavy atom. The van der Waals surface area contributed by atoms with Gasteiger partial charge < -0.3 is 25.4 Å². The number of anilines is 2. The average molecular weight is 500 g/mol. The number of carboxylic acids is 1. The standard InChI is InChI=1S/C26H30ClN3O5/c1-16-2-9-23(22(27)12-16)29-25(33)28-20-6-5-19-15-30(11-10-18(19)14-20)26(34)35-21-7-3-17(4-8-21)13-24(31)32/h2,5-6,9,12,14,17,21H,3-4,7-8,10-11,13,15H2,1H3,(H,31,32)(H2,28,29,33)/t17-,21-. The van der Waals surface area contributed by atoms with E-state index in [1.165, 1.54) is 0 Å². The van der Waals surface area contributed by atoms with Crippen molar-refractivity contribution in [2.75, 3.05) is 17.2 Å². The number of hydrogen-bond acceptors (Lipinski definition) is 4. The van der Waals surface area contributed by atoms with Gasteiger partial charge in [-0.3, -0.25) is 4.79 Å². The number of halogens is 1. The van der Waals surface area contributed by atoms with Crippen LogP contribution in [0, 0.1) is 12.8 Å². The first-order chi connectivity index (χ1) is 16.8. The van der Waals surface area contributed by atoms with E-state index in [9.17, 15) is 14.4 Å². The normalized spacial score (nSPS) is 19.4. The fourth-order valence-corrected chi connectivity index (χ4v) is 4.99. The fraction of sp³-hybridized carbons (Fsp3) is 0.423. The molecule has 0 saturated heterocycles. The van der Waals surface area contributed by atoms with Crippen LogP contribution in [0.15, 0.2) is 36.4 Å². The van der Waals surface area contributed by atoms with Crippen LogP contribution < -0.4 is 10.6 Å². The van der Waals surface area contributed by atoms with Gasteiger partial charge in [-0.15, -0.1) is 0 Å². The number of rotatable bonds is 5. The van der Waals surface area contributed by atoms with Crippen LogP contribution in [0.25, 0.3) is 0 Å². The molecule has 9 heteroatoms. The minimum atomic E-state index is -0.771. The molecule has 0 spiro atoms. The molecule has 1 heterocycles. The van der Waals surface area contributed by atoms with E-state index in [0.717, 1.165) is 29.5 Å². The summed E-state index contributed by atoms with van der Waals surface area (Å²) in [5, 5.41) is 15.0. The van der Waals surface area contributed by atoms with Gasteiger partial charge in [0.25, 0.3) is 0 Å². The highest BCUT2D eigenvalue weighted by Gasteiger charge is 2.28. The molecule has 2 aromatic rings. The number of aliphatic carboxylic acids is 1. The van der Waals surface area contributed by atoms with Crippen LogP contribution in [0.4, 0.5) is 21.0 Å². The van der Waals surface area contributed by atoms with E-state index in [2.05, 4.69) is 10.6 Å². The van der Waals surface area contributed by atoms with Crippen LogP contribution in [-0.2, 0) is 22.5 Å². The van der Waals surface area contributed by atoms with Crippen molar-refractivity contribution in [3.05, 3.63) is 58.1 Å². The summed E-state index contributed by atoms with van der Waals surface area (Å²) in [7, 11) is 0. The average Bonchev–Trinajstić information content (AvgIpc) is 2.81. The zero-order valence-electron chi connectivity index (χ0n) is 19.7. The molecule has 1 saturated carbocycles. The summed E-state index contributed by atoms with van der Waals surface area (Å²) in [5.41, 5.74) is 4.31. The maximum atomic E-state index is 12.7. The van der Waals surface area contributed by atoms with Crippen molar-refractivity contribution in [1.29, 1.82) is 0 Å². The van der Waals surface area contributed by atoms with Crippen molar-refractivity contribution in [2.24, 2.45) is 5.92 Å². The first-order valence-electron chi connectivity index (χ1n) is 11.9. The number of amides is 3. The minimum Gasteiger partial charge on any atom is -0.481 e. The van der Waals surface area contributed by atoms with Crippen LogP contribution in [0.2, 0.25) is 5.02 Å². The number of carboxylic acid groups (broad SMARTS) is 1. The molecule has 1 aliphatic carbocycles. The Balaban J connectivity index is 1.28. The van der Waals surface area contributed by atoms with E-state index in [1.807, 2.05) is 31.2 Å². The molecule has 0 unspecified atom stereocenters. The predicted molar refractivity (Wildman–Crippen MR) is 134 cm³/mol. The first-order valence-corrected chi connectivity index (χ1v) is 12.3. The van der Waals surface area contributed by atoms with E-state index in [-0.39, 0.29) is 30.6 Å². The van der Waals surface area contributed by atoms with Gasteiger partial charge in [-0.05, 0) is 85.9 Å². The van der Waals surface area contributed by atoms with Crippen molar-refractivity contribution in [2.45, 2.75) is 58.1 Å². The lowest BCUT2D eigenvalue weighted by atomic mass is 9.85. The number of aryl methyl sites for hydroxylation is 1. The Bertz CT molecular complexity index is 1110. The molecule has 3 N–H and O–H groups in total. The molecule has 186 valence electrons. The third kappa shape index (κ3) is 6.66. The van der Waals surface area contributed by atoms with Crippen molar-refractivity contribution < 1.29 is 24.2 Å². The lowest BCUT2D eigenvalue weighted by Crippen LogP contribution is -2.39. The minimum absolute atomic E-state index is 0.152. The lowest BCUT2D eigenvalue weighted by Gasteiger charge is -2.32. The molecular formula is C26H30ClN3O5. The SMILES string of the molecule is Cc1ccc(NC(=O)Nc2ccc3c(c2)CCN(C(=O)O[C@H]2CC[C@H](CC(=O)O)CC2)C3)c(Cl)c1. The van der Waals surface area contributed by atoms with Gasteiger partial charge in [-0.2, -0.15) is 0 Å². The van der Waals surface area contributed by atoms with Gasteiger partial charge in [0.05, 0.1) is 10.7 Å². The molecule has 1 aliphatic heterocycles. The number of fused-ring (bicyclic) bond motifs is 1. The molecule has 4 rings (SSSR count). The molecule has 0 bridgehead atoms. The second kappa shape index (κ2) is 11.0. The molecule has 1 fully saturated rings. The molecule has 0 radical (unpaired) electrons. The second-order valence-corrected chi connectivity index (χ2v) is 9.75.